The van der Waals surface area contributed by atoms with Gasteiger partial charge in [0.2, 0.25) is 0 Å². The summed E-state index contributed by atoms with van der Waals surface area (Å²) < 4.78 is 47.6. The molecule has 0 amide bonds. The Morgan fingerprint density at radius 1 is 1.29 bits per heavy atom. The van der Waals surface area contributed by atoms with Crippen molar-refractivity contribution in [1.82, 2.24) is 0 Å². The van der Waals surface area contributed by atoms with Gasteiger partial charge in [0.15, 0.2) is 6.16 Å². The monoisotopic (exact) mass is 266 g/mol. The smallest absolute Gasteiger partial charge is 0.330 e. The predicted octanol–water partition coefficient (Wildman–Crippen LogP) is 2.48. The lowest BCUT2D eigenvalue weighted by molar-refractivity contribution is -0.137. The number of rotatable bonds is 4. The molecule has 0 aliphatic heterocycles. The van der Waals surface area contributed by atoms with Crippen molar-refractivity contribution in [3.05, 3.63) is 35.4 Å². The van der Waals surface area contributed by atoms with E-state index in [4.69, 9.17) is 10.6 Å². The lowest BCUT2D eigenvalue weighted by Crippen LogP contribution is -2.15. The van der Waals surface area contributed by atoms with Gasteiger partial charge in [-0.3, -0.25) is 0 Å². The molecule has 7 heteroatoms. The van der Waals surface area contributed by atoms with Crippen molar-refractivity contribution in [2.75, 3.05) is 12.7 Å². The molecule has 3 N–H and O–H groups in total. The Hall–Kier alpha value is -0.970. The Labute approximate surface area is 97.3 Å². The van der Waals surface area contributed by atoms with Gasteiger partial charge in [-0.2, -0.15) is 18.1 Å². The first-order valence-corrected chi connectivity index (χ1v) is 6.25. The van der Waals surface area contributed by atoms with Crippen LogP contribution >= 0.6 is 8.03 Å². The average Bonchev–Trinajstić information content (AvgIpc) is 2.24. The standard InChI is InChI=1S/C10H11F3NO2P/c11-10(12,13)9-3-1-7(2-4-9)8(5-14)6-17(15)16/h1-4,8H,5-6,14H2/p+1. The van der Waals surface area contributed by atoms with E-state index in [2.05, 4.69) is 0 Å². The maximum atomic E-state index is 12.3. The summed E-state index contributed by atoms with van der Waals surface area (Å²) in [5, 5.41) is 0. The van der Waals surface area contributed by atoms with E-state index in [9.17, 15) is 17.7 Å². The minimum Gasteiger partial charge on any atom is -0.330 e. The number of nitrogens with two attached hydrogens (primary N) is 1. The number of benzene rings is 1. The van der Waals surface area contributed by atoms with Crippen LogP contribution in [-0.2, 0) is 10.7 Å². The van der Waals surface area contributed by atoms with Crippen LogP contribution in [0.15, 0.2) is 24.3 Å². The molecule has 0 heterocycles. The van der Waals surface area contributed by atoms with E-state index in [1.807, 2.05) is 0 Å². The van der Waals surface area contributed by atoms with E-state index in [0.29, 0.717) is 5.56 Å². The predicted molar refractivity (Wildman–Crippen MR) is 57.9 cm³/mol. The number of hydrogen-bond acceptors (Lipinski definition) is 2. The van der Waals surface area contributed by atoms with Crippen LogP contribution in [0.1, 0.15) is 17.0 Å². The van der Waals surface area contributed by atoms with Crippen molar-refractivity contribution in [3.8, 4) is 0 Å². The summed E-state index contributed by atoms with van der Waals surface area (Å²) in [4.78, 5) is 8.77. The van der Waals surface area contributed by atoms with Gasteiger partial charge in [-0.1, -0.05) is 12.1 Å². The molecule has 0 aromatic heterocycles. The summed E-state index contributed by atoms with van der Waals surface area (Å²) in [5.41, 5.74) is 5.21. The van der Waals surface area contributed by atoms with Crippen LogP contribution in [0, 0.1) is 0 Å². The molecule has 2 atom stereocenters. The van der Waals surface area contributed by atoms with Gasteiger partial charge in [-0.25, -0.2) is 0 Å². The summed E-state index contributed by atoms with van der Waals surface area (Å²) in [6, 6.07) is 4.48. The van der Waals surface area contributed by atoms with E-state index >= 15 is 0 Å². The lowest BCUT2D eigenvalue weighted by atomic mass is 10.00. The molecule has 1 aromatic carbocycles. The first kappa shape index (κ1) is 14.1. The van der Waals surface area contributed by atoms with Gasteiger partial charge in [0.25, 0.3) is 0 Å². The molecule has 1 rings (SSSR count). The van der Waals surface area contributed by atoms with Crippen LogP contribution in [0.3, 0.4) is 0 Å². The first-order chi connectivity index (χ1) is 7.84. The summed E-state index contributed by atoms with van der Waals surface area (Å²) in [7, 11) is -2.35. The highest BCUT2D eigenvalue weighted by Crippen LogP contribution is 2.31. The molecule has 0 saturated carbocycles. The van der Waals surface area contributed by atoms with E-state index < -0.39 is 25.7 Å². The summed E-state index contributed by atoms with van der Waals surface area (Å²) in [6.07, 6.45) is -4.42. The molecule has 2 unspecified atom stereocenters. The van der Waals surface area contributed by atoms with Crippen LogP contribution in [0.2, 0.25) is 0 Å². The quantitative estimate of drug-likeness (QED) is 0.823. The van der Waals surface area contributed by atoms with Crippen molar-refractivity contribution < 1.29 is 22.6 Å². The zero-order valence-electron chi connectivity index (χ0n) is 8.81. The maximum absolute atomic E-state index is 12.3. The minimum atomic E-state index is -4.38. The second-order valence-corrected chi connectivity index (χ2v) is 4.66. The van der Waals surface area contributed by atoms with Gasteiger partial charge in [0, 0.05) is 12.5 Å². The molecule has 0 fully saturated rings. The van der Waals surface area contributed by atoms with Crippen molar-refractivity contribution in [2.45, 2.75) is 12.1 Å². The molecule has 0 radical (unpaired) electrons. The molecule has 0 aliphatic rings. The van der Waals surface area contributed by atoms with Crippen molar-refractivity contribution in [3.63, 3.8) is 0 Å². The molecule has 3 nitrogen and oxygen atoms in total. The molecule has 17 heavy (non-hydrogen) atoms. The largest absolute Gasteiger partial charge is 0.506 e. The van der Waals surface area contributed by atoms with Crippen LogP contribution in [0.4, 0.5) is 13.2 Å². The average molecular weight is 266 g/mol. The number of hydrogen-bond donors (Lipinski definition) is 2. The Balaban J connectivity index is 2.89. The molecule has 0 bridgehead atoms. The van der Waals surface area contributed by atoms with Crippen molar-refractivity contribution in [1.29, 1.82) is 0 Å². The van der Waals surface area contributed by atoms with Gasteiger partial charge in [0.05, 0.1) is 5.56 Å². The van der Waals surface area contributed by atoms with Crippen molar-refractivity contribution in [2.24, 2.45) is 5.73 Å². The van der Waals surface area contributed by atoms with Gasteiger partial charge in [-0.15, -0.1) is 0 Å². The zero-order chi connectivity index (χ0) is 13.1. The third-order valence-corrected chi connectivity index (χ3v) is 3.12. The second kappa shape index (κ2) is 5.58. The Bertz CT molecular complexity index is 392. The Kier molecular flexibility index (Phi) is 4.62. The van der Waals surface area contributed by atoms with Gasteiger partial charge >= 0.3 is 14.2 Å². The van der Waals surface area contributed by atoms with Gasteiger partial charge in [0.1, 0.15) is 0 Å². The third kappa shape index (κ3) is 4.07. The summed E-state index contributed by atoms with van der Waals surface area (Å²) in [5.74, 6) is -0.397. The summed E-state index contributed by atoms with van der Waals surface area (Å²) in [6.45, 7) is 0.118. The molecule has 94 valence electrons. The number of alkyl halides is 3. The van der Waals surface area contributed by atoms with E-state index in [-0.39, 0.29) is 12.7 Å². The normalized spacial score (nSPS) is 14.5. The molecule has 0 saturated heterocycles. The molecule has 1 aromatic rings. The number of halogens is 3. The third-order valence-electron chi connectivity index (χ3n) is 2.37. The fourth-order valence-electron chi connectivity index (χ4n) is 1.45. The lowest BCUT2D eigenvalue weighted by Gasteiger charge is -2.11. The highest BCUT2D eigenvalue weighted by Gasteiger charge is 2.30. The summed E-state index contributed by atoms with van der Waals surface area (Å²) >= 11 is 0. The maximum Gasteiger partial charge on any atom is 0.506 e. The van der Waals surface area contributed by atoms with E-state index in [1.54, 1.807) is 0 Å². The highest BCUT2D eigenvalue weighted by atomic mass is 31.1. The Morgan fingerprint density at radius 3 is 2.18 bits per heavy atom. The molecule has 0 aliphatic carbocycles. The zero-order valence-corrected chi connectivity index (χ0v) is 9.71. The van der Waals surface area contributed by atoms with Gasteiger partial charge in [-0.05, 0) is 22.3 Å². The van der Waals surface area contributed by atoms with Crippen LogP contribution < -0.4 is 5.73 Å². The van der Waals surface area contributed by atoms with Crippen molar-refractivity contribution >= 4 is 8.03 Å². The van der Waals surface area contributed by atoms with Gasteiger partial charge < -0.3 is 5.73 Å². The highest BCUT2D eigenvalue weighted by molar-refractivity contribution is 7.38. The molecular weight excluding hydrogens is 254 g/mol. The van der Waals surface area contributed by atoms with E-state index in [0.717, 1.165) is 12.1 Å². The van der Waals surface area contributed by atoms with Crippen LogP contribution in [0.5, 0.6) is 0 Å². The minimum absolute atomic E-state index is 0.0444. The SMILES string of the molecule is NCC(C[P+](=O)O)c1ccc(C(F)(F)F)cc1. The topological polar surface area (TPSA) is 63.3 Å². The molecule has 0 spiro atoms. The fourth-order valence-corrected chi connectivity index (χ4v) is 2.19. The first-order valence-electron chi connectivity index (χ1n) is 4.85. The second-order valence-electron chi connectivity index (χ2n) is 3.59. The Morgan fingerprint density at radius 2 is 1.82 bits per heavy atom. The molecular formula is C10H12F3NO2P+. The van der Waals surface area contributed by atoms with Crippen LogP contribution in [0.25, 0.3) is 0 Å². The van der Waals surface area contributed by atoms with E-state index in [1.165, 1.54) is 12.1 Å². The van der Waals surface area contributed by atoms with Crippen LogP contribution in [-0.4, -0.2) is 17.6 Å². The fraction of sp³-hybridized carbons (Fsp3) is 0.400.